The van der Waals surface area contributed by atoms with E-state index in [1.165, 1.54) is 18.2 Å². The van der Waals surface area contributed by atoms with E-state index in [4.69, 9.17) is 0 Å². The van der Waals surface area contributed by atoms with E-state index in [2.05, 4.69) is 15.2 Å². The zero-order valence-corrected chi connectivity index (χ0v) is 11.7. The minimum atomic E-state index is -4.67. The van der Waals surface area contributed by atoms with Crippen LogP contribution in [0.1, 0.15) is 16.8 Å². The van der Waals surface area contributed by atoms with E-state index in [1.54, 1.807) is 10.7 Å². The molecule has 0 saturated heterocycles. The van der Waals surface area contributed by atoms with Crippen molar-refractivity contribution in [3.63, 3.8) is 0 Å². The fourth-order valence-corrected chi connectivity index (χ4v) is 2.02. The predicted molar refractivity (Wildman–Crippen MR) is 71.6 cm³/mol. The number of hydrogen-bond acceptors (Lipinski definition) is 3. The third-order valence-electron chi connectivity index (χ3n) is 2.89. The van der Waals surface area contributed by atoms with Crippen molar-refractivity contribution < 1.29 is 17.9 Å². The lowest BCUT2D eigenvalue weighted by Gasteiger charge is -2.10. The van der Waals surface area contributed by atoms with E-state index in [-0.39, 0.29) is 5.75 Å². The molecule has 0 unspecified atom stereocenters. The van der Waals surface area contributed by atoms with Gasteiger partial charge in [0.25, 0.3) is 0 Å². The summed E-state index contributed by atoms with van der Waals surface area (Å²) in [5.41, 5.74) is 2.71. The number of rotatable bonds is 5. The average molecular weight is 299 g/mol. The van der Waals surface area contributed by atoms with Crippen LogP contribution in [-0.4, -0.2) is 16.1 Å². The molecule has 1 aromatic heterocycles. The van der Waals surface area contributed by atoms with Crippen LogP contribution in [0.25, 0.3) is 0 Å². The molecular weight excluding hydrogens is 283 g/mol. The van der Waals surface area contributed by atoms with Gasteiger partial charge in [-0.1, -0.05) is 12.1 Å². The quantitative estimate of drug-likeness (QED) is 0.922. The number of aryl methyl sites for hydroxylation is 2. The fraction of sp³-hybridized carbons (Fsp3) is 0.357. The van der Waals surface area contributed by atoms with Gasteiger partial charge >= 0.3 is 6.36 Å². The molecule has 0 spiro atoms. The van der Waals surface area contributed by atoms with Crippen molar-refractivity contribution in [1.82, 2.24) is 15.1 Å². The first kappa shape index (κ1) is 15.4. The van der Waals surface area contributed by atoms with Crippen molar-refractivity contribution in [2.45, 2.75) is 26.4 Å². The zero-order valence-electron chi connectivity index (χ0n) is 11.7. The van der Waals surface area contributed by atoms with Crippen molar-refractivity contribution in [2.24, 2.45) is 7.05 Å². The summed E-state index contributed by atoms with van der Waals surface area (Å²) in [6.45, 7) is 2.96. The van der Waals surface area contributed by atoms with Gasteiger partial charge in [0.1, 0.15) is 5.75 Å². The molecule has 1 aromatic carbocycles. The molecule has 21 heavy (non-hydrogen) atoms. The van der Waals surface area contributed by atoms with E-state index < -0.39 is 6.36 Å². The molecular formula is C14H16F3N3O. The maximum absolute atomic E-state index is 12.1. The highest BCUT2D eigenvalue weighted by molar-refractivity contribution is 5.28. The molecule has 0 atom stereocenters. The van der Waals surface area contributed by atoms with Crippen molar-refractivity contribution in [3.8, 4) is 5.75 Å². The summed E-state index contributed by atoms with van der Waals surface area (Å²) in [5.74, 6) is -0.209. The second-order valence-electron chi connectivity index (χ2n) is 4.71. The molecule has 0 radical (unpaired) electrons. The molecule has 1 N–H and O–H groups in total. The van der Waals surface area contributed by atoms with Gasteiger partial charge in [-0.2, -0.15) is 5.10 Å². The van der Waals surface area contributed by atoms with Crippen LogP contribution >= 0.6 is 0 Å². The van der Waals surface area contributed by atoms with Crippen LogP contribution in [0.3, 0.4) is 0 Å². The van der Waals surface area contributed by atoms with Gasteiger partial charge in [0, 0.05) is 31.9 Å². The Hall–Kier alpha value is -2.02. The summed E-state index contributed by atoms with van der Waals surface area (Å²) < 4.78 is 42.1. The van der Waals surface area contributed by atoms with Gasteiger partial charge in [-0.15, -0.1) is 13.2 Å². The second kappa shape index (κ2) is 6.17. The Morgan fingerprint density at radius 2 is 2.05 bits per heavy atom. The van der Waals surface area contributed by atoms with Gasteiger partial charge in [-0.05, 0) is 24.6 Å². The molecule has 114 valence electrons. The highest BCUT2D eigenvalue weighted by atomic mass is 19.4. The van der Waals surface area contributed by atoms with Crippen LogP contribution in [-0.2, 0) is 20.1 Å². The van der Waals surface area contributed by atoms with Crippen LogP contribution in [0.15, 0.2) is 30.5 Å². The summed E-state index contributed by atoms with van der Waals surface area (Å²) in [4.78, 5) is 0. The summed E-state index contributed by atoms with van der Waals surface area (Å²) in [6, 6.07) is 5.93. The fourth-order valence-electron chi connectivity index (χ4n) is 2.02. The average Bonchev–Trinajstić information content (AvgIpc) is 2.66. The Labute approximate surface area is 120 Å². The first-order valence-electron chi connectivity index (χ1n) is 6.38. The van der Waals surface area contributed by atoms with E-state index >= 15 is 0 Å². The summed E-state index contributed by atoms with van der Waals surface area (Å²) in [6.07, 6.45) is -2.76. The number of halogens is 3. The lowest BCUT2D eigenvalue weighted by Crippen LogP contribution is -2.17. The van der Waals surface area contributed by atoms with Crippen molar-refractivity contribution >= 4 is 0 Å². The van der Waals surface area contributed by atoms with Crippen LogP contribution in [0.4, 0.5) is 13.2 Å². The van der Waals surface area contributed by atoms with Crippen molar-refractivity contribution in [3.05, 3.63) is 47.3 Å². The number of nitrogens with zero attached hydrogens (tertiary/aromatic N) is 2. The number of ether oxygens (including phenoxy) is 1. The summed E-state index contributed by atoms with van der Waals surface area (Å²) in [7, 11) is 1.84. The Morgan fingerprint density at radius 3 is 2.67 bits per heavy atom. The lowest BCUT2D eigenvalue weighted by atomic mass is 10.2. The molecule has 4 nitrogen and oxygen atoms in total. The maximum Gasteiger partial charge on any atom is 0.573 e. The number of benzene rings is 1. The van der Waals surface area contributed by atoms with Crippen LogP contribution in [0.5, 0.6) is 5.75 Å². The van der Waals surface area contributed by atoms with E-state index in [0.29, 0.717) is 13.1 Å². The Kier molecular flexibility index (Phi) is 4.52. The van der Waals surface area contributed by atoms with Crippen molar-refractivity contribution in [2.75, 3.05) is 0 Å². The molecule has 2 rings (SSSR count). The molecule has 1 heterocycles. The largest absolute Gasteiger partial charge is 0.573 e. The zero-order chi connectivity index (χ0) is 15.5. The number of nitrogens with one attached hydrogen (secondary N) is 1. The van der Waals surface area contributed by atoms with E-state index in [0.717, 1.165) is 16.8 Å². The molecule has 0 aliphatic carbocycles. The molecule has 7 heteroatoms. The molecule has 2 aromatic rings. The third-order valence-corrected chi connectivity index (χ3v) is 2.89. The lowest BCUT2D eigenvalue weighted by molar-refractivity contribution is -0.274. The Bertz CT molecular complexity index is 608. The van der Waals surface area contributed by atoms with Gasteiger partial charge in [-0.25, -0.2) is 0 Å². The smallest absolute Gasteiger partial charge is 0.406 e. The SMILES string of the molecule is Cc1nn(C)cc1CNCc1cccc(OC(F)(F)F)c1. The van der Waals surface area contributed by atoms with E-state index in [1.807, 2.05) is 20.2 Å². The number of hydrogen-bond donors (Lipinski definition) is 1. The van der Waals surface area contributed by atoms with Gasteiger partial charge in [0.15, 0.2) is 0 Å². The summed E-state index contributed by atoms with van der Waals surface area (Å²) >= 11 is 0. The van der Waals surface area contributed by atoms with Gasteiger partial charge in [0.2, 0.25) is 0 Å². The second-order valence-corrected chi connectivity index (χ2v) is 4.71. The molecule has 0 bridgehead atoms. The predicted octanol–water partition coefficient (Wildman–Crippen LogP) is 2.92. The Morgan fingerprint density at radius 1 is 1.29 bits per heavy atom. The minimum Gasteiger partial charge on any atom is -0.406 e. The van der Waals surface area contributed by atoms with Crippen LogP contribution in [0.2, 0.25) is 0 Å². The molecule has 0 aliphatic rings. The van der Waals surface area contributed by atoms with Gasteiger partial charge < -0.3 is 10.1 Å². The Balaban J connectivity index is 1.91. The summed E-state index contributed by atoms with van der Waals surface area (Å²) in [5, 5.41) is 7.39. The normalized spacial score (nSPS) is 11.7. The standard InChI is InChI=1S/C14H16F3N3O/c1-10-12(9-20(2)19-10)8-18-7-11-4-3-5-13(6-11)21-14(15,16)17/h3-6,9,18H,7-8H2,1-2H3. The highest BCUT2D eigenvalue weighted by Crippen LogP contribution is 2.23. The van der Waals surface area contributed by atoms with E-state index in [9.17, 15) is 13.2 Å². The molecule has 0 aliphatic heterocycles. The first-order valence-corrected chi connectivity index (χ1v) is 6.38. The van der Waals surface area contributed by atoms with Crippen molar-refractivity contribution in [1.29, 1.82) is 0 Å². The highest BCUT2D eigenvalue weighted by Gasteiger charge is 2.31. The van der Waals surface area contributed by atoms with Crippen LogP contribution < -0.4 is 10.1 Å². The molecule has 0 saturated carbocycles. The third kappa shape index (κ3) is 4.78. The minimum absolute atomic E-state index is 0.209. The molecule has 0 amide bonds. The number of alkyl halides is 3. The topological polar surface area (TPSA) is 39.1 Å². The van der Waals surface area contributed by atoms with Crippen LogP contribution in [0, 0.1) is 6.92 Å². The molecule has 0 fully saturated rings. The first-order chi connectivity index (χ1) is 9.83. The van der Waals surface area contributed by atoms with Gasteiger partial charge in [0.05, 0.1) is 5.69 Å². The number of aromatic nitrogens is 2. The monoisotopic (exact) mass is 299 g/mol. The van der Waals surface area contributed by atoms with Gasteiger partial charge in [-0.3, -0.25) is 4.68 Å². The maximum atomic E-state index is 12.1.